The molecule has 1 aliphatic heterocycles. The molecule has 0 atom stereocenters. The molecule has 2 amide bonds. The van der Waals surface area contributed by atoms with Crippen molar-refractivity contribution in [2.75, 3.05) is 18.0 Å². The molecule has 0 fully saturated rings. The van der Waals surface area contributed by atoms with Crippen molar-refractivity contribution in [3.05, 3.63) is 52.2 Å². The maximum absolute atomic E-state index is 12.1. The molecule has 2 aromatic rings. The van der Waals surface area contributed by atoms with Crippen molar-refractivity contribution in [3.8, 4) is 0 Å². The standard InChI is InChI=1S/C19H21N3O3S/c23-16(17-8-4-12-26-17)9-10-18(24)20-21-19(25)13-22-11-3-6-14-5-1-2-7-15(14)22/h1-2,4-5,7-8,12H,3,6,9-11,13H2,(H,20,24)(H,21,25). The van der Waals surface area contributed by atoms with Gasteiger partial charge in [0, 0.05) is 25.1 Å². The van der Waals surface area contributed by atoms with Gasteiger partial charge in [0.1, 0.15) is 0 Å². The minimum absolute atomic E-state index is 0.0452. The van der Waals surface area contributed by atoms with E-state index in [2.05, 4.69) is 16.9 Å². The summed E-state index contributed by atoms with van der Waals surface area (Å²) in [6.45, 7) is 0.999. The summed E-state index contributed by atoms with van der Waals surface area (Å²) in [6.07, 6.45) is 2.19. The van der Waals surface area contributed by atoms with Crippen molar-refractivity contribution < 1.29 is 14.4 Å². The Morgan fingerprint density at radius 1 is 1.00 bits per heavy atom. The number of para-hydroxylation sites is 1. The number of benzene rings is 1. The van der Waals surface area contributed by atoms with Gasteiger partial charge in [-0.05, 0) is 35.9 Å². The van der Waals surface area contributed by atoms with Gasteiger partial charge in [0.2, 0.25) is 5.91 Å². The largest absolute Gasteiger partial charge is 0.362 e. The smallest absolute Gasteiger partial charge is 0.257 e. The molecule has 2 heterocycles. The van der Waals surface area contributed by atoms with Gasteiger partial charge in [-0.25, -0.2) is 0 Å². The Hall–Kier alpha value is -2.67. The predicted molar refractivity (Wildman–Crippen MR) is 101 cm³/mol. The molecule has 7 heteroatoms. The second-order valence-corrected chi connectivity index (χ2v) is 7.10. The second kappa shape index (κ2) is 8.62. The van der Waals surface area contributed by atoms with Crippen molar-refractivity contribution in [1.29, 1.82) is 0 Å². The summed E-state index contributed by atoms with van der Waals surface area (Å²) in [7, 11) is 0. The highest BCUT2D eigenvalue weighted by atomic mass is 32.1. The number of Topliss-reactive ketones (excluding diaryl/α,β-unsaturated/α-hetero) is 1. The highest BCUT2D eigenvalue weighted by Crippen LogP contribution is 2.26. The van der Waals surface area contributed by atoms with Crippen LogP contribution >= 0.6 is 11.3 Å². The molecule has 6 nitrogen and oxygen atoms in total. The fourth-order valence-corrected chi connectivity index (χ4v) is 3.67. The van der Waals surface area contributed by atoms with E-state index >= 15 is 0 Å². The molecule has 0 radical (unpaired) electrons. The highest BCUT2D eigenvalue weighted by molar-refractivity contribution is 7.12. The SMILES string of the molecule is O=C(CCC(=O)c1cccs1)NNC(=O)CN1CCCc2ccccc21. The van der Waals surface area contributed by atoms with Gasteiger partial charge in [0.15, 0.2) is 5.78 Å². The molecule has 0 saturated carbocycles. The molecule has 2 N–H and O–H groups in total. The Balaban J connectivity index is 1.42. The Labute approximate surface area is 156 Å². The van der Waals surface area contributed by atoms with Gasteiger partial charge in [-0.15, -0.1) is 11.3 Å². The van der Waals surface area contributed by atoms with Gasteiger partial charge in [-0.2, -0.15) is 0 Å². The number of aryl methyl sites for hydroxylation is 1. The van der Waals surface area contributed by atoms with Crippen LogP contribution in [-0.4, -0.2) is 30.7 Å². The first-order valence-corrected chi connectivity index (χ1v) is 9.48. The molecule has 1 aromatic heterocycles. The molecule has 0 aliphatic carbocycles. The van der Waals surface area contributed by atoms with E-state index in [0.29, 0.717) is 4.88 Å². The third-order valence-electron chi connectivity index (χ3n) is 4.26. The minimum Gasteiger partial charge on any atom is -0.362 e. The van der Waals surface area contributed by atoms with Gasteiger partial charge in [0.05, 0.1) is 11.4 Å². The number of rotatable bonds is 6. The van der Waals surface area contributed by atoms with Crippen LogP contribution in [0.1, 0.15) is 34.5 Å². The average Bonchev–Trinajstić information content (AvgIpc) is 3.19. The van der Waals surface area contributed by atoms with Crippen LogP contribution in [0.2, 0.25) is 0 Å². The molecular weight excluding hydrogens is 350 g/mol. The molecular formula is C19H21N3O3S. The Bertz CT molecular complexity index is 789. The van der Waals surface area contributed by atoms with Crippen LogP contribution in [0.3, 0.4) is 0 Å². The number of thiophene rings is 1. The Kier molecular flexibility index (Phi) is 6.01. The maximum Gasteiger partial charge on any atom is 0.257 e. The van der Waals surface area contributed by atoms with Crippen LogP contribution in [0.25, 0.3) is 0 Å². The van der Waals surface area contributed by atoms with Crippen molar-refractivity contribution in [3.63, 3.8) is 0 Å². The average molecular weight is 371 g/mol. The maximum atomic E-state index is 12.1. The van der Waals surface area contributed by atoms with Crippen LogP contribution in [0.4, 0.5) is 5.69 Å². The summed E-state index contributed by atoms with van der Waals surface area (Å²) in [5.41, 5.74) is 7.12. The van der Waals surface area contributed by atoms with E-state index in [1.165, 1.54) is 16.9 Å². The number of fused-ring (bicyclic) bond motifs is 1. The summed E-state index contributed by atoms with van der Waals surface area (Å²) in [4.78, 5) is 38.5. The summed E-state index contributed by atoms with van der Waals surface area (Å²) in [5, 5.41) is 1.83. The van der Waals surface area contributed by atoms with E-state index in [0.717, 1.165) is 25.1 Å². The Morgan fingerprint density at radius 2 is 1.81 bits per heavy atom. The molecule has 26 heavy (non-hydrogen) atoms. The molecule has 0 unspecified atom stereocenters. The number of nitrogens with one attached hydrogen (secondary N) is 2. The summed E-state index contributed by atoms with van der Waals surface area (Å²) >= 11 is 1.36. The molecule has 3 rings (SSSR count). The quantitative estimate of drug-likeness (QED) is 0.603. The fraction of sp³-hybridized carbons (Fsp3) is 0.316. The third kappa shape index (κ3) is 4.70. The third-order valence-corrected chi connectivity index (χ3v) is 5.17. The molecule has 136 valence electrons. The van der Waals surface area contributed by atoms with Crippen molar-refractivity contribution in [2.45, 2.75) is 25.7 Å². The molecule has 0 bridgehead atoms. The van der Waals surface area contributed by atoms with E-state index in [1.807, 2.05) is 28.5 Å². The summed E-state index contributed by atoms with van der Waals surface area (Å²) in [6, 6.07) is 11.6. The fourth-order valence-electron chi connectivity index (χ4n) is 2.98. The number of hydrogen-bond donors (Lipinski definition) is 2. The zero-order valence-corrected chi connectivity index (χ0v) is 15.2. The zero-order valence-electron chi connectivity index (χ0n) is 14.4. The second-order valence-electron chi connectivity index (χ2n) is 6.15. The van der Waals surface area contributed by atoms with E-state index in [-0.39, 0.29) is 37.0 Å². The van der Waals surface area contributed by atoms with Crippen LogP contribution < -0.4 is 15.8 Å². The van der Waals surface area contributed by atoms with Crippen molar-refractivity contribution in [2.24, 2.45) is 0 Å². The molecule has 1 aromatic carbocycles. The number of nitrogens with zero attached hydrogens (tertiary/aromatic N) is 1. The van der Waals surface area contributed by atoms with Gasteiger partial charge < -0.3 is 4.90 Å². The van der Waals surface area contributed by atoms with Crippen LogP contribution in [0, 0.1) is 0 Å². The lowest BCUT2D eigenvalue weighted by molar-refractivity contribution is -0.128. The van der Waals surface area contributed by atoms with Gasteiger partial charge >= 0.3 is 0 Å². The number of carbonyl (C=O) groups is 3. The van der Waals surface area contributed by atoms with Crippen LogP contribution in [0.15, 0.2) is 41.8 Å². The zero-order chi connectivity index (χ0) is 18.4. The number of carbonyl (C=O) groups excluding carboxylic acids is 3. The normalized spacial score (nSPS) is 13.0. The number of amides is 2. The number of ketones is 1. The lowest BCUT2D eigenvalue weighted by Gasteiger charge is -2.30. The van der Waals surface area contributed by atoms with Crippen LogP contribution in [0.5, 0.6) is 0 Å². The predicted octanol–water partition coefficient (Wildman–Crippen LogP) is 2.31. The van der Waals surface area contributed by atoms with E-state index in [1.54, 1.807) is 12.1 Å². The van der Waals surface area contributed by atoms with E-state index < -0.39 is 0 Å². The first kappa shape index (κ1) is 18.1. The van der Waals surface area contributed by atoms with Crippen molar-refractivity contribution in [1.82, 2.24) is 10.9 Å². The van der Waals surface area contributed by atoms with E-state index in [4.69, 9.17) is 0 Å². The summed E-state index contributed by atoms with van der Waals surface area (Å²) in [5.74, 6) is -0.715. The number of hydrogen-bond acceptors (Lipinski definition) is 5. The number of anilines is 1. The van der Waals surface area contributed by atoms with E-state index in [9.17, 15) is 14.4 Å². The molecule has 0 saturated heterocycles. The van der Waals surface area contributed by atoms with Gasteiger partial charge in [0.25, 0.3) is 5.91 Å². The monoisotopic (exact) mass is 371 g/mol. The molecule has 1 aliphatic rings. The molecule has 0 spiro atoms. The first-order valence-electron chi connectivity index (χ1n) is 8.61. The highest BCUT2D eigenvalue weighted by Gasteiger charge is 2.19. The number of hydrazine groups is 1. The topological polar surface area (TPSA) is 78.5 Å². The lowest BCUT2D eigenvalue weighted by Crippen LogP contribution is -2.47. The van der Waals surface area contributed by atoms with Crippen molar-refractivity contribution >= 4 is 34.6 Å². The minimum atomic E-state index is -0.373. The first-order chi connectivity index (χ1) is 12.6. The van der Waals surface area contributed by atoms with Gasteiger partial charge in [-0.1, -0.05) is 24.3 Å². The lowest BCUT2D eigenvalue weighted by atomic mass is 10.0. The van der Waals surface area contributed by atoms with Crippen LogP contribution in [-0.2, 0) is 16.0 Å². The summed E-state index contributed by atoms with van der Waals surface area (Å²) < 4.78 is 0. The van der Waals surface area contributed by atoms with Gasteiger partial charge in [-0.3, -0.25) is 25.2 Å². The Morgan fingerprint density at radius 3 is 2.62 bits per heavy atom.